The van der Waals surface area contributed by atoms with Crippen molar-refractivity contribution in [1.82, 2.24) is 0 Å². The molecular formula is C17H22N2O. The Morgan fingerprint density at radius 2 is 2.05 bits per heavy atom. The molecule has 3 heteroatoms. The van der Waals surface area contributed by atoms with Crippen molar-refractivity contribution in [2.45, 2.75) is 56.6 Å². The van der Waals surface area contributed by atoms with Crippen LogP contribution in [-0.2, 0) is 0 Å². The lowest BCUT2D eigenvalue weighted by atomic mass is 9.65. The lowest BCUT2D eigenvalue weighted by molar-refractivity contribution is -0.0835. The van der Waals surface area contributed by atoms with Crippen molar-refractivity contribution in [1.29, 1.82) is 5.26 Å². The fourth-order valence-corrected chi connectivity index (χ4v) is 4.00. The van der Waals surface area contributed by atoms with Gasteiger partial charge in [-0.2, -0.15) is 5.26 Å². The van der Waals surface area contributed by atoms with Crippen molar-refractivity contribution in [3.8, 4) is 6.07 Å². The average Bonchev–Trinajstić information content (AvgIpc) is 2.48. The number of hydrogen-bond acceptors (Lipinski definition) is 3. The number of nitriles is 1. The Morgan fingerprint density at radius 1 is 1.20 bits per heavy atom. The van der Waals surface area contributed by atoms with Crippen LogP contribution in [0.3, 0.4) is 0 Å². The lowest BCUT2D eigenvalue weighted by Gasteiger charge is -2.49. The molecule has 2 aliphatic carbocycles. The third-order valence-electron chi connectivity index (χ3n) is 5.07. The topological polar surface area (TPSA) is 56.0 Å². The van der Waals surface area contributed by atoms with E-state index in [9.17, 15) is 5.11 Å². The molecule has 0 spiro atoms. The second kappa shape index (κ2) is 5.46. The van der Waals surface area contributed by atoms with Gasteiger partial charge in [-0.3, -0.25) is 0 Å². The van der Waals surface area contributed by atoms with Crippen LogP contribution in [0.2, 0.25) is 0 Å². The van der Waals surface area contributed by atoms with Crippen LogP contribution >= 0.6 is 0 Å². The summed E-state index contributed by atoms with van der Waals surface area (Å²) in [7, 11) is 0. The molecule has 0 saturated heterocycles. The van der Waals surface area contributed by atoms with Gasteiger partial charge in [-0.1, -0.05) is 25.3 Å². The zero-order chi connectivity index (χ0) is 14.0. The minimum atomic E-state index is -0.556. The molecule has 0 radical (unpaired) electrons. The summed E-state index contributed by atoms with van der Waals surface area (Å²) in [6.07, 6.45) is 7.81. The molecule has 2 N–H and O–H groups in total. The van der Waals surface area contributed by atoms with E-state index in [-0.39, 0.29) is 6.04 Å². The van der Waals surface area contributed by atoms with E-state index in [0.29, 0.717) is 11.5 Å². The third-order valence-corrected chi connectivity index (χ3v) is 5.07. The molecule has 2 fully saturated rings. The largest absolute Gasteiger partial charge is 0.387 e. The van der Waals surface area contributed by atoms with Crippen molar-refractivity contribution >= 4 is 5.69 Å². The van der Waals surface area contributed by atoms with Crippen molar-refractivity contribution < 1.29 is 5.11 Å². The van der Waals surface area contributed by atoms with Gasteiger partial charge in [0.15, 0.2) is 0 Å². The second-order valence-electron chi connectivity index (χ2n) is 6.25. The number of anilines is 1. The Kier molecular flexibility index (Phi) is 3.67. The molecule has 0 bridgehead atoms. The fraction of sp³-hybridized carbons (Fsp3) is 0.588. The number of aliphatic hydroxyl groups is 1. The first-order valence-electron chi connectivity index (χ1n) is 7.71. The number of hydrogen-bond donors (Lipinski definition) is 2. The van der Waals surface area contributed by atoms with Gasteiger partial charge < -0.3 is 10.4 Å². The third kappa shape index (κ3) is 2.41. The Balaban J connectivity index is 1.80. The molecule has 106 valence electrons. The Hall–Kier alpha value is -1.53. The molecule has 1 aromatic carbocycles. The van der Waals surface area contributed by atoms with E-state index < -0.39 is 5.60 Å². The highest BCUT2D eigenvalue weighted by Crippen LogP contribution is 2.44. The highest BCUT2D eigenvalue weighted by molar-refractivity contribution is 5.50. The van der Waals surface area contributed by atoms with Gasteiger partial charge in [0.05, 0.1) is 23.3 Å². The summed E-state index contributed by atoms with van der Waals surface area (Å²) in [5.41, 5.74) is 1.06. The van der Waals surface area contributed by atoms with Crippen LogP contribution in [0.5, 0.6) is 0 Å². The zero-order valence-electron chi connectivity index (χ0n) is 11.8. The molecule has 3 atom stereocenters. The maximum absolute atomic E-state index is 11.1. The molecule has 0 amide bonds. The zero-order valence-corrected chi connectivity index (χ0v) is 11.8. The van der Waals surface area contributed by atoms with Crippen LogP contribution in [0, 0.1) is 17.2 Å². The molecular weight excluding hydrogens is 248 g/mol. The van der Waals surface area contributed by atoms with Crippen molar-refractivity contribution in [3.63, 3.8) is 0 Å². The number of fused-ring (bicyclic) bond motifs is 1. The van der Waals surface area contributed by atoms with E-state index in [2.05, 4.69) is 11.4 Å². The maximum Gasteiger partial charge on any atom is 0.0992 e. The van der Waals surface area contributed by atoms with Gasteiger partial charge in [0.25, 0.3) is 0 Å². The number of rotatable bonds is 2. The first kappa shape index (κ1) is 13.5. The smallest absolute Gasteiger partial charge is 0.0992 e. The summed E-state index contributed by atoms with van der Waals surface area (Å²) < 4.78 is 0. The summed E-state index contributed by atoms with van der Waals surface area (Å²) in [4.78, 5) is 0. The van der Waals surface area contributed by atoms with E-state index in [4.69, 9.17) is 5.26 Å². The van der Waals surface area contributed by atoms with Crippen LogP contribution < -0.4 is 5.32 Å². The lowest BCUT2D eigenvalue weighted by Crippen LogP contribution is -2.56. The quantitative estimate of drug-likeness (QED) is 0.865. The first-order valence-corrected chi connectivity index (χ1v) is 7.71. The summed E-state index contributed by atoms with van der Waals surface area (Å²) in [6.45, 7) is 0. The van der Waals surface area contributed by atoms with Crippen LogP contribution in [0.25, 0.3) is 0 Å². The molecule has 2 saturated carbocycles. The van der Waals surface area contributed by atoms with Crippen LogP contribution in [0.15, 0.2) is 24.3 Å². The molecule has 0 heterocycles. The van der Waals surface area contributed by atoms with E-state index in [1.807, 2.05) is 24.3 Å². The van der Waals surface area contributed by atoms with Crippen molar-refractivity contribution in [2.75, 3.05) is 5.32 Å². The van der Waals surface area contributed by atoms with Gasteiger partial charge in [-0.05, 0) is 49.8 Å². The average molecular weight is 270 g/mol. The summed E-state index contributed by atoms with van der Waals surface area (Å²) in [6, 6.07) is 9.85. The molecule has 3 unspecified atom stereocenters. The minimum absolute atomic E-state index is 0.121. The van der Waals surface area contributed by atoms with E-state index in [1.165, 1.54) is 12.8 Å². The van der Waals surface area contributed by atoms with E-state index in [0.717, 1.165) is 37.8 Å². The summed E-state index contributed by atoms with van der Waals surface area (Å²) in [5.74, 6) is 0.446. The normalized spacial score (nSPS) is 33.0. The molecule has 1 aromatic rings. The molecule has 0 aromatic heterocycles. The van der Waals surface area contributed by atoms with E-state index in [1.54, 1.807) is 0 Å². The van der Waals surface area contributed by atoms with Crippen molar-refractivity contribution in [3.05, 3.63) is 29.8 Å². The first-order chi connectivity index (χ1) is 9.72. The Bertz CT molecular complexity index is 520. The Morgan fingerprint density at radius 3 is 2.90 bits per heavy atom. The van der Waals surface area contributed by atoms with Gasteiger partial charge in [-0.15, -0.1) is 0 Å². The van der Waals surface area contributed by atoms with Crippen LogP contribution in [0.4, 0.5) is 5.69 Å². The van der Waals surface area contributed by atoms with E-state index >= 15 is 0 Å². The summed E-state index contributed by atoms with van der Waals surface area (Å²) in [5, 5.41) is 23.6. The SMILES string of the molecule is N#Cc1cccc(NC2CCCC3CCCCC32O)c1. The predicted molar refractivity (Wildman–Crippen MR) is 79.3 cm³/mol. The minimum Gasteiger partial charge on any atom is -0.387 e. The molecule has 20 heavy (non-hydrogen) atoms. The number of nitrogens with one attached hydrogen (secondary N) is 1. The maximum atomic E-state index is 11.1. The monoisotopic (exact) mass is 270 g/mol. The van der Waals surface area contributed by atoms with Gasteiger partial charge in [0.2, 0.25) is 0 Å². The van der Waals surface area contributed by atoms with Gasteiger partial charge >= 0.3 is 0 Å². The molecule has 3 rings (SSSR count). The van der Waals surface area contributed by atoms with Crippen LogP contribution in [0.1, 0.15) is 50.5 Å². The number of benzene rings is 1. The molecule has 3 nitrogen and oxygen atoms in total. The number of nitrogens with zero attached hydrogens (tertiary/aromatic N) is 1. The molecule has 2 aliphatic rings. The highest BCUT2D eigenvalue weighted by atomic mass is 16.3. The van der Waals surface area contributed by atoms with Crippen molar-refractivity contribution in [2.24, 2.45) is 5.92 Å². The van der Waals surface area contributed by atoms with Gasteiger partial charge in [0, 0.05) is 5.69 Å². The molecule has 0 aliphatic heterocycles. The predicted octanol–water partition coefficient (Wildman–Crippen LogP) is 3.44. The fourth-order valence-electron chi connectivity index (χ4n) is 4.00. The van der Waals surface area contributed by atoms with Gasteiger partial charge in [0.1, 0.15) is 0 Å². The summed E-state index contributed by atoms with van der Waals surface area (Å²) >= 11 is 0. The Labute approximate surface area is 120 Å². The van der Waals surface area contributed by atoms with Gasteiger partial charge in [-0.25, -0.2) is 0 Å². The second-order valence-corrected chi connectivity index (χ2v) is 6.25. The standard InChI is InChI=1S/C17H22N2O/c18-12-13-5-3-8-15(11-13)19-16-9-4-7-14-6-1-2-10-17(14,16)20/h3,5,8,11,14,16,19-20H,1-2,4,6-7,9-10H2. The highest BCUT2D eigenvalue weighted by Gasteiger charge is 2.47. The van der Waals surface area contributed by atoms with Crippen LogP contribution in [-0.4, -0.2) is 16.7 Å².